The van der Waals surface area contributed by atoms with Gasteiger partial charge in [-0.2, -0.15) is 8.42 Å². The minimum atomic E-state index is -4.18. The van der Waals surface area contributed by atoms with Crippen LogP contribution in [-0.4, -0.2) is 84.6 Å². The first-order chi connectivity index (χ1) is 20.7. The molecule has 5 amide bonds. The van der Waals surface area contributed by atoms with Crippen LogP contribution in [0.4, 0.5) is 0 Å². The van der Waals surface area contributed by atoms with Gasteiger partial charge in [0.1, 0.15) is 24.2 Å². The predicted molar refractivity (Wildman–Crippen MR) is 156 cm³/mol. The van der Waals surface area contributed by atoms with Gasteiger partial charge in [-0.25, -0.2) is 5.48 Å². The summed E-state index contributed by atoms with van der Waals surface area (Å²) in [6, 6.07) is 11.4. The molecule has 3 rings (SSSR count). The minimum Gasteiger partial charge on any atom is -0.492 e. The van der Waals surface area contributed by atoms with Crippen molar-refractivity contribution >= 4 is 39.7 Å². The first-order valence-electron chi connectivity index (χ1n) is 13.8. The fourth-order valence-corrected chi connectivity index (χ4v) is 5.22. The molecule has 0 aliphatic carbocycles. The molecule has 238 valence electrons. The highest BCUT2D eigenvalue weighted by atomic mass is 32.2. The van der Waals surface area contributed by atoms with Crippen molar-refractivity contribution in [3.05, 3.63) is 65.2 Å². The van der Waals surface area contributed by atoms with Crippen molar-refractivity contribution in [3.8, 4) is 5.75 Å². The Morgan fingerprint density at radius 1 is 0.909 bits per heavy atom. The van der Waals surface area contributed by atoms with Crippen molar-refractivity contribution < 1.29 is 46.9 Å². The number of carbonyl (C=O) groups is 5. The number of amides is 5. The van der Waals surface area contributed by atoms with Gasteiger partial charge in [0.25, 0.3) is 21.9 Å². The second-order valence-electron chi connectivity index (χ2n) is 10.7. The molecule has 5 N–H and O–H groups in total. The summed E-state index contributed by atoms with van der Waals surface area (Å²) in [6.45, 7) is 2.88. The van der Waals surface area contributed by atoms with E-state index in [9.17, 15) is 37.6 Å². The highest BCUT2D eigenvalue weighted by Crippen LogP contribution is 2.28. The molecule has 1 aliphatic rings. The lowest BCUT2D eigenvalue weighted by Gasteiger charge is -2.30. The molecule has 15 heteroatoms. The van der Waals surface area contributed by atoms with Crippen molar-refractivity contribution in [2.75, 3.05) is 26.0 Å². The summed E-state index contributed by atoms with van der Waals surface area (Å²) in [4.78, 5) is 66.4. The molecule has 0 saturated heterocycles. The molecule has 0 spiro atoms. The molecular formula is C29H36N4O10S. The van der Waals surface area contributed by atoms with Gasteiger partial charge in [-0.1, -0.05) is 38.1 Å². The van der Waals surface area contributed by atoms with Crippen LogP contribution >= 0.6 is 0 Å². The van der Waals surface area contributed by atoms with Crippen molar-refractivity contribution in [1.29, 1.82) is 0 Å². The maximum Gasteiger partial charge on any atom is 0.268 e. The predicted octanol–water partition coefficient (Wildman–Crippen LogP) is 0.807. The van der Waals surface area contributed by atoms with Crippen LogP contribution in [-0.2, 0) is 30.9 Å². The van der Waals surface area contributed by atoms with E-state index in [0.29, 0.717) is 11.3 Å². The van der Waals surface area contributed by atoms with E-state index < -0.39 is 69.8 Å². The Hall–Kier alpha value is -4.34. The molecule has 3 atom stereocenters. The lowest BCUT2D eigenvalue weighted by Crippen LogP contribution is -2.53. The van der Waals surface area contributed by atoms with Gasteiger partial charge in [-0.3, -0.25) is 38.6 Å². The van der Waals surface area contributed by atoms with Crippen LogP contribution in [0.25, 0.3) is 0 Å². The fourth-order valence-electron chi connectivity index (χ4n) is 4.92. The number of carbonyl (C=O) groups excluding carboxylic acids is 5. The summed E-state index contributed by atoms with van der Waals surface area (Å²) in [6.07, 6.45) is 0.156. The average molecular weight is 633 g/mol. The van der Waals surface area contributed by atoms with E-state index in [1.165, 1.54) is 31.3 Å². The Morgan fingerprint density at radius 2 is 1.50 bits per heavy atom. The molecule has 0 radical (unpaired) electrons. The Labute approximate surface area is 254 Å². The van der Waals surface area contributed by atoms with E-state index in [4.69, 9.17) is 9.29 Å². The van der Waals surface area contributed by atoms with Crippen molar-refractivity contribution in [2.24, 2.45) is 17.8 Å². The van der Waals surface area contributed by atoms with E-state index >= 15 is 0 Å². The number of benzene rings is 2. The maximum absolute atomic E-state index is 13.7. The van der Waals surface area contributed by atoms with Crippen LogP contribution in [0, 0.1) is 17.8 Å². The topological polar surface area (TPSA) is 209 Å². The van der Waals surface area contributed by atoms with E-state index in [-0.39, 0.29) is 36.5 Å². The fraction of sp³-hybridized carbons (Fsp3) is 0.414. The molecule has 0 bridgehead atoms. The van der Waals surface area contributed by atoms with Gasteiger partial charge in [0.2, 0.25) is 17.7 Å². The second kappa shape index (κ2) is 14.9. The molecule has 44 heavy (non-hydrogen) atoms. The smallest absolute Gasteiger partial charge is 0.268 e. The highest BCUT2D eigenvalue weighted by Gasteiger charge is 2.42. The third kappa shape index (κ3) is 8.84. The Bertz CT molecular complexity index is 1460. The number of nitrogens with one attached hydrogen (secondary N) is 3. The Kier molecular flexibility index (Phi) is 11.6. The number of likely N-dealkylation sites (N-methyl/N-ethyl adjacent to an activating group) is 1. The van der Waals surface area contributed by atoms with E-state index in [0.717, 1.165) is 4.90 Å². The number of hydroxylamine groups is 1. The van der Waals surface area contributed by atoms with Gasteiger partial charge in [-0.15, -0.1) is 0 Å². The zero-order valence-electron chi connectivity index (χ0n) is 24.5. The van der Waals surface area contributed by atoms with Crippen LogP contribution in [0.3, 0.4) is 0 Å². The van der Waals surface area contributed by atoms with Gasteiger partial charge in [0.15, 0.2) is 0 Å². The van der Waals surface area contributed by atoms with Crippen LogP contribution in [0.2, 0.25) is 0 Å². The monoisotopic (exact) mass is 632 g/mol. The quantitative estimate of drug-likeness (QED) is 0.0807. The molecule has 1 aliphatic heterocycles. The first kappa shape index (κ1) is 34.2. The molecule has 14 nitrogen and oxygen atoms in total. The molecule has 0 unspecified atom stereocenters. The molecule has 2 aromatic carbocycles. The van der Waals surface area contributed by atoms with Gasteiger partial charge in [0, 0.05) is 20.0 Å². The molecule has 0 aromatic heterocycles. The van der Waals surface area contributed by atoms with Crippen LogP contribution < -0.4 is 20.9 Å². The number of rotatable bonds is 15. The zero-order chi connectivity index (χ0) is 32.6. The summed E-state index contributed by atoms with van der Waals surface area (Å²) in [5.41, 5.74) is 2.49. The lowest BCUT2D eigenvalue weighted by atomic mass is 9.83. The largest absolute Gasteiger partial charge is 0.492 e. The Balaban J connectivity index is 1.81. The van der Waals surface area contributed by atoms with Crippen LogP contribution in [0.15, 0.2) is 48.5 Å². The summed E-state index contributed by atoms with van der Waals surface area (Å²) < 4.78 is 35.9. The van der Waals surface area contributed by atoms with Crippen molar-refractivity contribution in [3.63, 3.8) is 0 Å². The molecular weight excluding hydrogens is 596 g/mol. The zero-order valence-corrected chi connectivity index (χ0v) is 25.3. The molecule has 1 heterocycles. The number of ether oxygens (including phenoxy) is 1. The van der Waals surface area contributed by atoms with Crippen LogP contribution in [0.1, 0.15) is 46.5 Å². The number of hydrogen-bond acceptors (Lipinski definition) is 9. The van der Waals surface area contributed by atoms with Gasteiger partial charge in [0.05, 0.1) is 23.0 Å². The SMILES string of the molecule is CNC(=O)[C@H](Cc1ccc(OCCS(=O)(=O)O)cc1)NC(=O)[C@H](CC(C)C)[C@H](CN1C(=O)c2ccccc2C1=O)C(=O)NO. The summed E-state index contributed by atoms with van der Waals surface area (Å²) in [7, 11) is -2.79. The second-order valence-corrected chi connectivity index (χ2v) is 12.3. The standard InChI is InChI=1S/C29H36N4O10S/c1-17(2)14-22(23(26(35)32-39)16-33-28(37)20-6-4-5-7-21(20)29(33)38)25(34)31-24(27(36)30-3)15-18-8-10-19(11-9-18)43-12-13-44(40,41)42/h4-11,17,22-24,39H,12-16H2,1-3H3,(H,30,36)(H,31,34)(H,32,35)(H,40,41,42)/t22-,23+,24+/m1/s1. The first-order valence-corrected chi connectivity index (χ1v) is 15.4. The Morgan fingerprint density at radius 3 is 2.00 bits per heavy atom. The third-order valence-corrected chi connectivity index (χ3v) is 7.79. The van der Waals surface area contributed by atoms with Gasteiger partial charge >= 0.3 is 0 Å². The number of hydrogen-bond donors (Lipinski definition) is 5. The lowest BCUT2D eigenvalue weighted by molar-refractivity contribution is -0.142. The van der Waals surface area contributed by atoms with E-state index in [1.54, 1.807) is 29.7 Å². The number of nitrogens with zero attached hydrogens (tertiary/aromatic N) is 1. The van der Waals surface area contributed by atoms with Gasteiger partial charge in [-0.05, 0) is 42.2 Å². The third-order valence-electron chi connectivity index (χ3n) is 7.10. The van der Waals surface area contributed by atoms with Crippen LogP contribution in [0.5, 0.6) is 5.75 Å². The van der Waals surface area contributed by atoms with Crippen molar-refractivity contribution in [1.82, 2.24) is 21.0 Å². The van der Waals surface area contributed by atoms with Crippen molar-refractivity contribution in [2.45, 2.75) is 32.7 Å². The minimum absolute atomic E-state index is 0.0282. The molecule has 0 fully saturated rings. The summed E-state index contributed by atoms with van der Waals surface area (Å²) >= 11 is 0. The van der Waals surface area contributed by atoms with E-state index in [2.05, 4.69) is 10.6 Å². The summed E-state index contributed by atoms with van der Waals surface area (Å²) in [5, 5.41) is 14.7. The average Bonchev–Trinajstić information content (AvgIpc) is 3.22. The van der Waals surface area contributed by atoms with Gasteiger partial charge < -0.3 is 15.4 Å². The highest BCUT2D eigenvalue weighted by molar-refractivity contribution is 7.85. The molecule has 0 saturated carbocycles. The molecule has 2 aromatic rings. The number of fused-ring (bicyclic) bond motifs is 1. The number of imide groups is 1. The normalized spacial score (nSPS) is 14.9. The van der Waals surface area contributed by atoms with E-state index in [1.807, 2.05) is 13.8 Å². The summed E-state index contributed by atoms with van der Waals surface area (Å²) in [5.74, 6) is -6.32. The maximum atomic E-state index is 13.7.